The van der Waals surface area contributed by atoms with E-state index in [1.165, 1.54) is 0 Å². The van der Waals surface area contributed by atoms with Gasteiger partial charge in [-0.1, -0.05) is 0 Å². The Balaban J connectivity index is 1.53. The minimum absolute atomic E-state index is 0.0924. The third kappa shape index (κ3) is 3.52. The second-order valence-electron chi connectivity index (χ2n) is 7.40. The second-order valence-corrected chi connectivity index (χ2v) is 7.40. The van der Waals surface area contributed by atoms with E-state index in [1.54, 1.807) is 7.11 Å². The number of ether oxygens (including phenoxy) is 1. The molecule has 0 unspecified atom stereocenters. The van der Waals surface area contributed by atoms with Gasteiger partial charge in [0.25, 0.3) is 0 Å². The van der Waals surface area contributed by atoms with E-state index in [0.29, 0.717) is 32.4 Å². The predicted octanol–water partition coefficient (Wildman–Crippen LogP) is 1.61. The van der Waals surface area contributed by atoms with Crippen LogP contribution in [0.25, 0.3) is 0 Å². The first kappa shape index (κ1) is 16.7. The highest BCUT2D eigenvalue weighted by Gasteiger charge is 2.43. The van der Waals surface area contributed by atoms with Crippen molar-refractivity contribution in [1.82, 2.24) is 9.80 Å². The molecule has 5 nitrogen and oxygen atoms in total. The summed E-state index contributed by atoms with van der Waals surface area (Å²) in [4.78, 5) is 28.2. The van der Waals surface area contributed by atoms with E-state index in [4.69, 9.17) is 4.74 Å². The average Bonchev–Trinajstić information content (AvgIpc) is 2.53. The van der Waals surface area contributed by atoms with Gasteiger partial charge in [0.15, 0.2) is 0 Å². The van der Waals surface area contributed by atoms with E-state index in [1.807, 2.05) is 9.80 Å². The van der Waals surface area contributed by atoms with Crippen LogP contribution < -0.4 is 0 Å². The summed E-state index contributed by atoms with van der Waals surface area (Å²) in [7, 11) is 1.65. The summed E-state index contributed by atoms with van der Waals surface area (Å²) in [5, 5.41) is 0. The van der Waals surface area contributed by atoms with Crippen molar-refractivity contribution in [3.63, 3.8) is 0 Å². The number of methoxy groups -OCH3 is 1. The lowest BCUT2D eigenvalue weighted by atomic mass is 9.72. The summed E-state index contributed by atoms with van der Waals surface area (Å²) < 4.78 is 18.0. The molecule has 2 heterocycles. The number of alkyl halides is 1. The molecule has 0 bridgehead atoms. The van der Waals surface area contributed by atoms with Crippen LogP contribution in [0.3, 0.4) is 0 Å². The van der Waals surface area contributed by atoms with Gasteiger partial charge in [-0.05, 0) is 37.5 Å². The van der Waals surface area contributed by atoms with Crippen LogP contribution >= 0.6 is 0 Å². The molecule has 1 saturated carbocycles. The minimum Gasteiger partial charge on any atom is -0.383 e. The molecule has 3 fully saturated rings. The molecule has 0 N–H and O–H groups in total. The van der Waals surface area contributed by atoms with Gasteiger partial charge >= 0.3 is 0 Å². The molecule has 0 atom stereocenters. The maximum absolute atomic E-state index is 12.9. The minimum atomic E-state index is -0.779. The van der Waals surface area contributed by atoms with Gasteiger partial charge < -0.3 is 14.5 Å². The monoisotopic (exact) mass is 326 g/mol. The second kappa shape index (κ2) is 6.75. The summed E-state index contributed by atoms with van der Waals surface area (Å²) in [5.41, 5.74) is 0.153. The molecule has 2 saturated heterocycles. The standard InChI is InChI=1S/C17H27FN2O3/c1-23-9-8-20-12-17(3-2-15(20)21)4-6-19(7-5-17)16(22)13-10-14(18)11-13/h13-14H,2-12H2,1H3. The highest BCUT2D eigenvalue weighted by molar-refractivity contribution is 5.80. The lowest BCUT2D eigenvalue weighted by molar-refractivity contribution is -0.147. The third-order valence-corrected chi connectivity index (χ3v) is 5.88. The summed E-state index contributed by atoms with van der Waals surface area (Å²) in [5.74, 6) is 0.261. The Hall–Kier alpha value is -1.17. The summed E-state index contributed by atoms with van der Waals surface area (Å²) in [6.07, 6.45) is 3.44. The van der Waals surface area contributed by atoms with E-state index in [-0.39, 0.29) is 23.1 Å². The van der Waals surface area contributed by atoms with Crippen LogP contribution in [-0.4, -0.2) is 67.7 Å². The van der Waals surface area contributed by atoms with Crippen LogP contribution in [-0.2, 0) is 14.3 Å². The number of rotatable bonds is 4. The fourth-order valence-electron chi connectivity index (χ4n) is 4.13. The molecule has 6 heteroatoms. The van der Waals surface area contributed by atoms with Crippen molar-refractivity contribution in [3.05, 3.63) is 0 Å². The number of hydrogen-bond acceptors (Lipinski definition) is 3. The van der Waals surface area contributed by atoms with E-state index >= 15 is 0 Å². The maximum Gasteiger partial charge on any atom is 0.225 e. The van der Waals surface area contributed by atoms with E-state index < -0.39 is 6.17 Å². The Labute approximate surface area is 137 Å². The molecule has 130 valence electrons. The normalized spacial score (nSPS) is 30.4. The predicted molar refractivity (Wildman–Crippen MR) is 83.6 cm³/mol. The van der Waals surface area contributed by atoms with Crippen LogP contribution in [0.2, 0.25) is 0 Å². The molecule has 0 aromatic carbocycles. The fraction of sp³-hybridized carbons (Fsp3) is 0.882. The Kier molecular flexibility index (Phi) is 4.90. The van der Waals surface area contributed by atoms with Gasteiger partial charge in [-0.15, -0.1) is 0 Å². The lowest BCUT2D eigenvalue weighted by Crippen LogP contribution is -2.54. The molecule has 0 aromatic heterocycles. The molecule has 1 spiro atoms. The number of likely N-dealkylation sites (tertiary alicyclic amines) is 2. The van der Waals surface area contributed by atoms with Crippen molar-refractivity contribution < 1.29 is 18.7 Å². The Bertz CT molecular complexity index is 457. The highest BCUT2D eigenvalue weighted by Crippen LogP contribution is 2.41. The quantitative estimate of drug-likeness (QED) is 0.789. The van der Waals surface area contributed by atoms with E-state index in [0.717, 1.165) is 38.9 Å². The number of piperidine rings is 2. The number of hydrogen-bond donors (Lipinski definition) is 0. The first-order valence-electron chi connectivity index (χ1n) is 8.72. The van der Waals surface area contributed by atoms with Gasteiger partial charge in [0.1, 0.15) is 6.17 Å². The Morgan fingerprint density at radius 1 is 1.30 bits per heavy atom. The summed E-state index contributed by atoms with van der Waals surface area (Å²) in [6, 6.07) is 0. The number of carbonyl (C=O) groups excluding carboxylic acids is 2. The molecule has 2 aliphatic heterocycles. The van der Waals surface area contributed by atoms with Gasteiger partial charge in [-0.25, -0.2) is 4.39 Å². The van der Waals surface area contributed by atoms with Crippen LogP contribution in [0.5, 0.6) is 0 Å². The van der Waals surface area contributed by atoms with Crippen molar-refractivity contribution in [2.75, 3.05) is 39.9 Å². The van der Waals surface area contributed by atoms with Crippen molar-refractivity contribution in [2.45, 2.75) is 44.7 Å². The van der Waals surface area contributed by atoms with Crippen LogP contribution in [0, 0.1) is 11.3 Å². The Morgan fingerprint density at radius 2 is 2.00 bits per heavy atom. The number of nitrogens with zero attached hydrogens (tertiary/aromatic N) is 2. The maximum atomic E-state index is 12.9. The lowest BCUT2D eigenvalue weighted by Gasteiger charge is -2.48. The topological polar surface area (TPSA) is 49.9 Å². The first-order valence-corrected chi connectivity index (χ1v) is 8.72. The zero-order valence-electron chi connectivity index (χ0n) is 13.9. The molecule has 0 aromatic rings. The Morgan fingerprint density at radius 3 is 2.61 bits per heavy atom. The van der Waals surface area contributed by atoms with Gasteiger partial charge in [0.2, 0.25) is 11.8 Å². The molecular weight excluding hydrogens is 299 g/mol. The fourth-order valence-corrected chi connectivity index (χ4v) is 4.13. The van der Waals surface area contributed by atoms with Crippen LogP contribution in [0.15, 0.2) is 0 Å². The molecule has 2 amide bonds. The van der Waals surface area contributed by atoms with Gasteiger partial charge in [-0.3, -0.25) is 9.59 Å². The zero-order valence-corrected chi connectivity index (χ0v) is 13.9. The number of amides is 2. The van der Waals surface area contributed by atoms with E-state index in [9.17, 15) is 14.0 Å². The molecule has 3 rings (SSSR count). The summed E-state index contributed by atoms with van der Waals surface area (Å²) >= 11 is 0. The van der Waals surface area contributed by atoms with Gasteiger partial charge in [-0.2, -0.15) is 0 Å². The average molecular weight is 326 g/mol. The van der Waals surface area contributed by atoms with E-state index in [2.05, 4.69) is 0 Å². The molecule has 23 heavy (non-hydrogen) atoms. The van der Waals surface area contributed by atoms with Crippen molar-refractivity contribution in [2.24, 2.45) is 11.3 Å². The van der Waals surface area contributed by atoms with Crippen LogP contribution in [0.4, 0.5) is 4.39 Å². The number of carbonyl (C=O) groups is 2. The largest absolute Gasteiger partial charge is 0.383 e. The van der Waals surface area contributed by atoms with Crippen molar-refractivity contribution in [3.8, 4) is 0 Å². The molecular formula is C17H27FN2O3. The first-order chi connectivity index (χ1) is 11.0. The van der Waals surface area contributed by atoms with Crippen molar-refractivity contribution >= 4 is 11.8 Å². The van der Waals surface area contributed by atoms with Gasteiger partial charge in [0.05, 0.1) is 6.61 Å². The summed E-state index contributed by atoms with van der Waals surface area (Å²) in [6.45, 7) is 3.50. The van der Waals surface area contributed by atoms with Gasteiger partial charge in [0, 0.05) is 45.6 Å². The van der Waals surface area contributed by atoms with Crippen molar-refractivity contribution in [1.29, 1.82) is 0 Å². The zero-order chi connectivity index (χ0) is 16.4. The van der Waals surface area contributed by atoms with Crippen LogP contribution in [0.1, 0.15) is 38.5 Å². The highest BCUT2D eigenvalue weighted by atomic mass is 19.1. The molecule has 3 aliphatic rings. The smallest absolute Gasteiger partial charge is 0.225 e. The molecule has 0 radical (unpaired) electrons. The third-order valence-electron chi connectivity index (χ3n) is 5.88. The number of halogens is 1. The molecule has 1 aliphatic carbocycles. The SMILES string of the molecule is COCCN1CC2(CCC1=O)CCN(C(=O)C1CC(F)C1)CC2.